The van der Waals surface area contributed by atoms with Gasteiger partial charge in [0.1, 0.15) is 0 Å². The standard InChI is InChI=1S/C2HO2.Rh/c3-1-2-4;/h1H;/q-1;. The molecular formula is C2HO2Rh-. The van der Waals surface area contributed by atoms with Crippen LogP contribution in [-0.2, 0) is 29.1 Å². The first-order chi connectivity index (χ1) is 1.91. The molecule has 0 rings (SSSR count). The van der Waals surface area contributed by atoms with Crippen LogP contribution in [0.2, 0.25) is 0 Å². The van der Waals surface area contributed by atoms with Crippen LogP contribution in [0.25, 0.3) is 0 Å². The van der Waals surface area contributed by atoms with Gasteiger partial charge in [-0.15, -0.1) is 0 Å². The summed E-state index contributed by atoms with van der Waals surface area (Å²) in [7, 11) is 0. The third-order valence-corrected chi connectivity index (χ3v) is 0.0481. The van der Waals surface area contributed by atoms with Crippen molar-refractivity contribution in [1.29, 1.82) is 0 Å². The van der Waals surface area contributed by atoms with Gasteiger partial charge in [0.25, 0.3) is 0 Å². The van der Waals surface area contributed by atoms with E-state index in [1.54, 1.807) is 0 Å². The maximum absolute atomic E-state index is 8.75. The predicted octanol–water partition coefficient (Wildman–Crippen LogP) is -0.708. The van der Waals surface area contributed by atoms with Gasteiger partial charge in [-0.05, 0) is 0 Å². The van der Waals surface area contributed by atoms with Gasteiger partial charge in [0.15, 0.2) is 0 Å². The van der Waals surface area contributed by atoms with Crippen LogP contribution in [-0.4, -0.2) is 12.6 Å². The molecule has 0 aromatic heterocycles. The Morgan fingerprint density at radius 2 is 1.80 bits per heavy atom. The predicted molar refractivity (Wildman–Crippen MR) is 11.8 cm³/mol. The van der Waals surface area contributed by atoms with E-state index < -0.39 is 0 Å². The van der Waals surface area contributed by atoms with Crippen molar-refractivity contribution < 1.29 is 29.1 Å². The van der Waals surface area contributed by atoms with Crippen LogP contribution in [0, 0.1) is 0 Å². The van der Waals surface area contributed by atoms with Crippen LogP contribution in [0.15, 0.2) is 0 Å². The maximum Gasteiger partial charge on any atom is 0.00115 e. The van der Waals surface area contributed by atoms with E-state index in [0.29, 0.717) is 0 Å². The summed E-state index contributed by atoms with van der Waals surface area (Å²) in [6, 6.07) is 0. The van der Waals surface area contributed by atoms with Crippen LogP contribution >= 0.6 is 0 Å². The third-order valence-electron chi connectivity index (χ3n) is 0.0481. The molecule has 0 saturated heterocycles. The minimum Gasteiger partial charge on any atom is -0.534 e. The molecule has 0 aromatic rings. The van der Waals surface area contributed by atoms with E-state index in [-0.39, 0.29) is 25.8 Å². The molecule has 0 bridgehead atoms. The fraction of sp³-hybridized carbons (Fsp3) is 0. The summed E-state index contributed by atoms with van der Waals surface area (Å²) < 4.78 is 0. The largest absolute Gasteiger partial charge is 0.534 e. The molecule has 0 aromatic carbocycles. The van der Waals surface area contributed by atoms with Crippen molar-refractivity contribution in [1.82, 2.24) is 0 Å². The summed E-state index contributed by atoms with van der Waals surface area (Å²) >= 11 is 0. The summed E-state index contributed by atoms with van der Waals surface area (Å²) in [6.45, 7) is 0. The van der Waals surface area contributed by atoms with Gasteiger partial charge >= 0.3 is 0 Å². The zero-order chi connectivity index (χ0) is 3.41. The molecule has 0 aliphatic heterocycles. The second-order valence-electron chi connectivity index (χ2n) is 0.236. The molecule has 0 atom stereocenters. The molecule has 0 amide bonds. The minimum absolute atomic E-state index is 0. The molecule has 0 fully saturated rings. The van der Waals surface area contributed by atoms with Crippen LogP contribution in [0.4, 0.5) is 0 Å². The Kier molecular flexibility index (Phi) is 16.0. The Morgan fingerprint density at radius 3 is 1.80 bits per heavy atom. The maximum atomic E-state index is 8.75. The van der Waals surface area contributed by atoms with Gasteiger partial charge in [-0.3, -0.25) is 0 Å². The Morgan fingerprint density at radius 1 is 1.60 bits per heavy atom. The van der Waals surface area contributed by atoms with Crippen molar-refractivity contribution in [2.45, 2.75) is 0 Å². The summed E-state index contributed by atoms with van der Waals surface area (Å²) in [5, 5.41) is 0. The SMILES string of the molecule is O=[C-]C=O.[Rh]. The van der Waals surface area contributed by atoms with Crippen molar-refractivity contribution in [3.05, 3.63) is 0 Å². The molecule has 1 radical (unpaired) electrons. The van der Waals surface area contributed by atoms with E-state index in [4.69, 9.17) is 9.59 Å². The first kappa shape index (κ1) is 8.88. The van der Waals surface area contributed by atoms with Crippen molar-refractivity contribution in [2.75, 3.05) is 0 Å². The fourth-order valence-corrected chi connectivity index (χ4v) is 0. The first-order valence-electron chi connectivity index (χ1n) is 0.729. The summed E-state index contributed by atoms with van der Waals surface area (Å²) in [4.78, 5) is 17.4. The molecule has 0 aliphatic carbocycles. The van der Waals surface area contributed by atoms with E-state index in [9.17, 15) is 0 Å². The molecule has 0 N–H and O–H groups in total. The molecule has 0 unspecified atom stereocenters. The minimum atomic E-state index is 0. The van der Waals surface area contributed by atoms with Gasteiger partial charge in [0.2, 0.25) is 0 Å². The molecule has 0 aliphatic rings. The third kappa shape index (κ3) is 16.5. The molecule has 2 nitrogen and oxygen atoms in total. The monoisotopic (exact) mass is 160 g/mol. The Hall–Kier alpha value is -0.0366. The molecule has 31 valence electrons. The number of rotatable bonds is 1. The number of aldehydes is 1. The van der Waals surface area contributed by atoms with E-state index in [1.807, 2.05) is 0 Å². The van der Waals surface area contributed by atoms with Crippen molar-refractivity contribution in [3.8, 4) is 0 Å². The van der Waals surface area contributed by atoms with Crippen molar-refractivity contribution >= 4 is 12.6 Å². The second-order valence-corrected chi connectivity index (χ2v) is 0.236. The van der Waals surface area contributed by atoms with Crippen molar-refractivity contribution in [3.63, 3.8) is 0 Å². The van der Waals surface area contributed by atoms with Gasteiger partial charge in [-0.1, -0.05) is 0 Å². The van der Waals surface area contributed by atoms with Crippen LogP contribution in [0.3, 0.4) is 0 Å². The van der Waals surface area contributed by atoms with E-state index in [2.05, 4.69) is 0 Å². The number of carbonyl (C=O) groups excluding carboxylic acids is 2. The topological polar surface area (TPSA) is 34.1 Å². The number of hydrogen-bond acceptors (Lipinski definition) is 2. The van der Waals surface area contributed by atoms with Crippen molar-refractivity contribution in [2.24, 2.45) is 0 Å². The van der Waals surface area contributed by atoms with E-state index in [0.717, 1.165) is 6.29 Å². The van der Waals surface area contributed by atoms with Gasteiger partial charge in [-0.25, -0.2) is 0 Å². The Bertz CT molecular complexity index is 28.6. The summed E-state index contributed by atoms with van der Waals surface area (Å²) in [5.74, 6) is 0. The van der Waals surface area contributed by atoms with Gasteiger partial charge in [0.05, 0.1) is 0 Å². The van der Waals surface area contributed by atoms with Crippen LogP contribution in [0.1, 0.15) is 0 Å². The van der Waals surface area contributed by atoms with Crippen LogP contribution < -0.4 is 0 Å². The number of carbonyl (C=O) groups is 1. The second kappa shape index (κ2) is 9.03. The van der Waals surface area contributed by atoms with Gasteiger partial charge < -0.3 is 9.59 Å². The van der Waals surface area contributed by atoms with E-state index in [1.165, 1.54) is 0 Å². The summed E-state index contributed by atoms with van der Waals surface area (Å²) in [6.07, 6.45) is 1.07. The normalized spacial score (nSPS) is 4.00. The molecular weight excluding hydrogens is 159 g/mol. The fourth-order valence-electron chi connectivity index (χ4n) is 0. The van der Waals surface area contributed by atoms with Gasteiger partial charge in [0, 0.05) is 25.8 Å². The van der Waals surface area contributed by atoms with Gasteiger partial charge in [-0.2, -0.15) is 6.29 Å². The van der Waals surface area contributed by atoms with Crippen LogP contribution in [0.5, 0.6) is 0 Å². The average Bonchev–Trinajstić information content (AvgIpc) is 1.37. The smallest absolute Gasteiger partial charge is 0.00115 e. The average molecular weight is 160 g/mol. The molecule has 3 heteroatoms. The zero-order valence-corrected chi connectivity index (χ0v) is 3.87. The number of hydrogen-bond donors (Lipinski definition) is 0. The Balaban J connectivity index is 0. The molecule has 0 spiro atoms. The Labute approximate surface area is 42.3 Å². The summed E-state index contributed by atoms with van der Waals surface area (Å²) in [5.41, 5.74) is 0. The molecule has 0 heterocycles. The molecule has 5 heavy (non-hydrogen) atoms. The zero-order valence-electron chi connectivity index (χ0n) is 2.23. The van der Waals surface area contributed by atoms with E-state index >= 15 is 0 Å². The molecule has 0 saturated carbocycles. The first-order valence-corrected chi connectivity index (χ1v) is 0.729. The quantitative estimate of drug-likeness (QED) is 0.220.